The van der Waals surface area contributed by atoms with Crippen LogP contribution in [0.25, 0.3) is 0 Å². The van der Waals surface area contributed by atoms with Gasteiger partial charge in [0.05, 0.1) is 5.60 Å². The Labute approximate surface area is 119 Å². The molecule has 2 rings (SSSR count). The molecule has 0 aliphatic heterocycles. The number of rotatable bonds is 5. The average Bonchev–Trinajstić information content (AvgIpc) is 2.64. The predicted molar refractivity (Wildman–Crippen MR) is 81.3 cm³/mol. The minimum atomic E-state index is -0.395. The molecule has 2 aliphatic carbocycles. The third kappa shape index (κ3) is 5.07. The zero-order valence-electron chi connectivity index (χ0n) is 12.8. The standard InChI is InChI=1S/C17H33NO/c1-2-7-15-8-6-9-16(11-10-15)18-14-17(19)12-4-3-5-13-17/h15-16,18-19H,2-14H2,1H3. The molecule has 19 heavy (non-hydrogen) atoms. The van der Waals surface area contributed by atoms with Crippen LogP contribution in [0, 0.1) is 5.92 Å². The van der Waals surface area contributed by atoms with E-state index in [4.69, 9.17) is 0 Å². The van der Waals surface area contributed by atoms with Crippen molar-refractivity contribution in [3.8, 4) is 0 Å². The molecule has 2 nitrogen and oxygen atoms in total. The summed E-state index contributed by atoms with van der Waals surface area (Å²) in [4.78, 5) is 0. The van der Waals surface area contributed by atoms with Crippen molar-refractivity contribution in [2.75, 3.05) is 6.54 Å². The van der Waals surface area contributed by atoms with Crippen LogP contribution in [0.5, 0.6) is 0 Å². The molecular formula is C17H33NO. The third-order valence-electron chi connectivity index (χ3n) is 5.29. The van der Waals surface area contributed by atoms with E-state index in [9.17, 15) is 5.11 Å². The highest BCUT2D eigenvalue weighted by atomic mass is 16.3. The molecule has 0 aromatic carbocycles. The molecule has 0 spiro atoms. The predicted octanol–water partition coefficient (Wildman–Crippen LogP) is 4.02. The molecule has 2 N–H and O–H groups in total. The van der Waals surface area contributed by atoms with Gasteiger partial charge in [-0.1, -0.05) is 51.9 Å². The summed E-state index contributed by atoms with van der Waals surface area (Å²) in [5, 5.41) is 14.2. The lowest BCUT2D eigenvalue weighted by Gasteiger charge is -2.33. The molecule has 0 amide bonds. The van der Waals surface area contributed by atoms with E-state index >= 15 is 0 Å². The molecule has 2 aliphatic rings. The minimum absolute atomic E-state index is 0.395. The van der Waals surface area contributed by atoms with E-state index in [0.29, 0.717) is 6.04 Å². The summed E-state index contributed by atoms with van der Waals surface area (Å²) in [6.45, 7) is 3.13. The average molecular weight is 267 g/mol. The first-order valence-corrected chi connectivity index (χ1v) is 8.67. The molecule has 0 aromatic rings. The van der Waals surface area contributed by atoms with Gasteiger partial charge in [0, 0.05) is 12.6 Å². The Morgan fingerprint density at radius 2 is 1.79 bits per heavy atom. The molecule has 2 fully saturated rings. The summed E-state index contributed by atoms with van der Waals surface area (Å²) < 4.78 is 0. The van der Waals surface area contributed by atoms with Crippen LogP contribution in [0.2, 0.25) is 0 Å². The molecule has 2 unspecified atom stereocenters. The lowest BCUT2D eigenvalue weighted by Crippen LogP contribution is -2.45. The fourth-order valence-corrected chi connectivity index (χ4v) is 4.00. The first-order valence-electron chi connectivity index (χ1n) is 8.67. The summed E-state index contributed by atoms with van der Waals surface area (Å²) in [6, 6.07) is 0.660. The van der Waals surface area contributed by atoms with Crippen molar-refractivity contribution in [2.45, 2.75) is 95.6 Å². The first kappa shape index (κ1) is 15.3. The summed E-state index contributed by atoms with van der Waals surface area (Å²) in [5.41, 5.74) is -0.395. The Balaban J connectivity index is 1.70. The zero-order valence-corrected chi connectivity index (χ0v) is 12.8. The molecule has 0 saturated heterocycles. The largest absolute Gasteiger partial charge is 0.389 e. The van der Waals surface area contributed by atoms with E-state index in [1.165, 1.54) is 64.2 Å². The molecule has 0 aromatic heterocycles. The second kappa shape index (κ2) is 7.64. The Morgan fingerprint density at radius 1 is 1.00 bits per heavy atom. The van der Waals surface area contributed by atoms with Crippen LogP contribution in [0.1, 0.15) is 84.0 Å². The fourth-order valence-electron chi connectivity index (χ4n) is 4.00. The zero-order chi connectivity index (χ0) is 13.6. The highest BCUT2D eigenvalue weighted by molar-refractivity contribution is 4.86. The van der Waals surface area contributed by atoms with E-state index in [2.05, 4.69) is 12.2 Å². The highest BCUT2D eigenvalue weighted by Crippen LogP contribution is 2.29. The van der Waals surface area contributed by atoms with Gasteiger partial charge in [-0.3, -0.25) is 0 Å². The van der Waals surface area contributed by atoms with Gasteiger partial charge in [0.2, 0.25) is 0 Å². The van der Waals surface area contributed by atoms with Gasteiger partial charge in [-0.25, -0.2) is 0 Å². The van der Waals surface area contributed by atoms with Crippen LogP contribution in [0.4, 0.5) is 0 Å². The SMILES string of the molecule is CCCC1CCCC(NCC2(O)CCCCC2)CC1. The third-order valence-corrected chi connectivity index (χ3v) is 5.29. The molecule has 2 atom stereocenters. The Morgan fingerprint density at radius 3 is 2.53 bits per heavy atom. The normalized spacial score (nSPS) is 31.9. The lowest BCUT2D eigenvalue weighted by atomic mass is 9.84. The summed E-state index contributed by atoms with van der Waals surface area (Å²) in [6.07, 6.45) is 15.3. The van der Waals surface area contributed by atoms with Crippen molar-refractivity contribution in [3.63, 3.8) is 0 Å². The molecular weight excluding hydrogens is 234 g/mol. The summed E-state index contributed by atoms with van der Waals surface area (Å²) >= 11 is 0. The van der Waals surface area contributed by atoms with E-state index in [0.717, 1.165) is 25.3 Å². The molecule has 0 radical (unpaired) electrons. The number of hydrogen-bond acceptors (Lipinski definition) is 2. The van der Waals surface area contributed by atoms with Gasteiger partial charge < -0.3 is 10.4 Å². The van der Waals surface area contributed by atoms with Crippen molar-refractivity contribution >= 4 is 0 Å². The van der Waals surface area contributed by atoms with Crippen molar-refractivity contribution in [3.05, 3.63) is 0 Å². The van der Waals surface area contributed by atoms with Crippen molar-refractivity contribution in [1.29, 1.82) is 0 Å². The quantitative estimate of drug-likeness (QED) is 0.737. The van der Waals surface area contributed by atoms with Gasteiger partial charge in [0.15, 0.2) is 0 Å². The Bertz CT molecular complexity index is 248. The maximum Gasteiger partial charge on any atom is 0.0771 e. The van der Waals surface area contributed by atoms with Crippen molar-refractivity contribution < 1.29 is 5.11 Å². The molecule has 2 heteroatoms. The van der Waals surface area contributed by atoms with Crippen LogP contribution in [0.15, 0.2) is 0 Å². The smallest absolute Gasteiger partial charge is 0.0771 e. The second-order valence-electron chi connectivity index (χ2n) is 7.03. The van der Waals surface area contributed by atoms with E-state index in [-0.39, 0.29) is 0 Å². The first-order chi connectivity index (χ1) is 9.22. The maximum absolute atomic E-state index is 10.5. The van der Waals surface area contributed by atoms with Crippen LogP contribution >= 0.6 is 0 Å². The summed E-state index contributed by atoms with van der Waals surface area (Å²) in [5.74, 6) is 0.967. The van der Waals surface area contributed by atoms with E-state index in [1.54, 1.807) is 0 Å². The maximum atomic E-state index is 10.5. The number of hydrogen-bond donors (Lipinski definition) is 2. The minimum Gasteiger partial charge on any atom is -0.389 e. The van der Waals surface area contributed by atoms with Gasteiger partial charge in [-0.15, -0.1) is 0 Å². The van der Waals surface area contributed by atoms with Crippen LogP contribution in [0.3, 0.4) is 0 Å². The Kier molecular flexibility index (Phi) is 6.15. The van der Waals surface area contributed by atoms with Gasteiger partial charge >= 0.3 is 0 Å². The van der Waals surface area contributed by atoms with Crippen LogP contribution in [-0.4, -0.2) is 23.3 Å². The fraction of sp³-hybridized carbons (Fsp3) is 1.00. The molecule has 2 saturated carbocycles. The number of aliphatic hydroxyl groups is 1. The molecule has 0 bridgehead atoms. The van der Waals surface area contributed by atoms with Gasteiger partial charge in [-0.2, -0.15) is 0 Å². The van der Waals surface area contributed by atoms with E-state index in [1.807, 2.05) is 0 Å². The highest BCUT2D eigenvalue weighted by Gasteiger charge is 2.30. The summed E-state index contributed by atoms with van der Waals surface area (Å²) in [7, 11) is 0. The monoisotopic (exact) mass is 267 g/mol. The second-order valence-corrected chi connectivity index (χ2v) is 7.03. The van der Waals surface area contributed by atoms with Crippen LogP contribution in [-0.2, 0) is 0 Å². The van der Waals surface area contributed by atoms with Gasteiger partial charge in [-0.05, 0) is 38.0 Å². The van der Waals surface area contributed by atoms with Gasteiger partial charge in [0.1, 0.15) is 0 Å². The topological polar surface area (TPSA) is 32.3 Å². The van der Waals surface area contributed by atoms with E-state index < -0.39 is 5.60 Å². The Hall–Kier alpha value is -0.0800. The van der Waals surface area contributed by atoms with Crippen LogP contribution < -0.4 is 5.32 Å². The number of nitrogens with one attached hydrogen (secondary N) is 1. The van der Waals surface area contributed by atoms with Crippen molar-refractivity contribution in [2.24, 2.45) is 5.92 Å². The lowest BCUT2D eigenvalue weighted by molar-refractivity contribution is 0.00224. The van der Waals surface area contributed by atoms with Crippen molar-refractivity contribution in [1.82, 2.24) is 5.32 Å². The van der Waals surface area contributed by atoms with Gasteiger partial charge in [0.25, 0.3) is 0 Å². The molecule has 112 valence electrons. The molecule has 0 heterocycles.